The van der Waals surface area contributed by atoms with Crippen molar-refractivity contribution >= 4 is 23.1 Å². The van der Waals surface area contributed by atoms with Gasteiger partial charge in [-0.1, -0.05) is 11.6 Å². The summed E-state index contributed by atoms with van der Waals surface area (Å²) >= 11 is 5.89. The summed E-state index contributed by atoms with van der Waals surface area (Å²) < 4.78 is 0. The number of aromatic nitrogens is 2. The molecule has 0 amide bonds. The van der Waals surface area contributed by atoms with Gasteiger partial charge in [0.05, 0.1) is 0 Å². The van der Waals surface area contributed by atoms with Gasteiger partial charge in [-0.3, -0.25) is 4.79 Å². The highest BCUT2D eigenvalue weighted by Gasteiger charge is 2.14. The number of nitrogens with one attached hydrogen (secondary N) is 1. The number of benzene rings is 1. The van der Waals surface area contributed by atoms with Crippen LogP contribution < -0.4 is 5.32 Å². The lowest BCUT2D eigenvalue weighted by molar-refractivity contribution is 0.103. The molecule has 0 aliphatic carbocycles. The first-order chi connectivity index (χ1) is 8.22. The van der Waals surface area contributed by atoms with Gasteiger partial charge in [-0.05, 0) is 30.3 Å². The second-order valence-corrected chi connectivity index (χ2v) is 3.81. The number of hydrogen-bond donors (Lipinski definition) is 1. The number of rotatable bonds is 3. The number of anilines is 1. The Morgan fingerprint density at radius 2 is 2.18 bits per heavy atom. The van der Waals surface area contributed by atoms with Crippen LogP contribution in [0.25, 0.3) is 0 Å². The van der Waals surface area contributed by atoms with E-state index >= 15 is 0 Å². The first kappa shape index (κ1) is 11.5. The Morgan fingerprint density at radius 1 is 1.35 bits per heavy atom. The molecule has 0 bridgehead atoms. The Bertz CT molecular complexity index is 543. The molecule has 1 N–H and O–H groups in total. The summed E-state index contributed by atoms with van der Waals surface area (Å²) in [4.78, 5) is 12.2. The maximum absolute atomic E-state index is 12.2. The molecular weight excluding hydrogens is 238 g/mol. The Balaban J connectivity index is 2.47. The summed E-state index contributed by atoms with van der Waals surface area (Å²) in [6.45, 7) is 0. The Labute approximate surface area is 104 Å². The van der Waals surface area contributed by atoms with Gasteiger partial charge in [-0.15, -0.1) is 5.10 Å². The molecule has 2 aromatic rings. The first-order valence-electron chi connectivity index (χ1n) is 5.02. The van der Waals surface area contributed by atoms with E-state index in [1.807, 2.05) is 0 Å². The van der Waals surface area contributed by atoms with E-state index in [1.54, 1.807) is 37.4 Å². The molecule has 0 atom stereocenters. The summed E-state index contributed by atoms with van der Waals surface area (Å²) in [5, 5.41) is 10.9. The quantitative estimate of drug-likeness (QED) is 0.847. The van der Waals surface area contributed by atoms with Crippen molar-refractivity contribution in [3.8, 4) is 0 Å². The van der Waals surface area contributed by atoms with Gasteiger partial charge in [0.2, 0.25) is 5.78 Å². The van der Waals surface area contributed by atoms with Crippen molar-refractivity contribution in [1.29, 1.82) is 0 Å². The molecule has 5 heteroatoms. The van der Waals surface area contributed by atoms with Gasteiger partial charge < -0.3 is 5.32 Å². The van der Waals surface area contributed by atoms with Crippen LogP contribution in [-0.2, 0) is 0 Å². The molecule has 2 rings (SSSR count). The summed E-state index contributed by atoms with van der Waals surface area (Å²) in [5.41, 5.74) is 1.50. The highest BCUT2D eigenvalue weighted by atomic mass is 35.5. The maximum atomic E-state index is 12.2. The van der Waals surface area contributed by atoms with E-state index in [4.69, 9.17) is 11.6 Å². The third-order valence-corrected chi connectivity index (χ3v) is 2.54. The lowest BCUT2D eigenvalue weighted by Gasteiger charge is -2.07. The monoisotopic (exact) mass is 247 g/mol. The van der Waals surface area contributed by atoms with E-state index in [2.05, 4.69) is 15.5 Å². The number of ketones is 1. The molecular formula is C12H10ClN3O. The molecule has 0 saturated heterocycles. The van der Waals surface area contributed by atoms with E-state index in [0.717, 1.165) is 0 Å². The van der Waals surface area contributed by atoms with Gasteiger partial charge in [0.15, 0.2) is 0 Å². The standard InChI is InChI=1S/C12H10ClN3O/c1-14-10-5-4-8(13)7-9(10)12(17)11-3-2-6-15-16-11/h2-7,14H,1H3. The van der Waals surface area contributed by atoms with Gasteiger partial charge >= 0.3 is 0 Å². The van der Waals surface area contributed by atoms with Crippen LogP contribution >= 0.6 is 11.6 Å². The van der Waals surface area contributed by atoms with Crippen molar-refractivity contribution < 1.29 is 4.79 Å². The average molecular weight is 248 g/mol. The van der Waals surface area contributed by atoms with E-state index in [1.165, 1.54) is 6.20 Å². The number of halogens is 1. The largest absolute Gasteiger partial charge is 0.388 e. The third kappa shape index (κ3) is 2.42. The highest BCUT2D eigenvalue weighted by Crippen LogP contribution is 2.22. The Kier molecular flexibility index (Phi) is 3.35. The van der Waals surface area contributed by atoms with Gasteiger partial charge in [0.1, 0.15) is 5.69 Å². The van der Waals surface area contributed by atoms with Crippen molar-refractivity contribution in [2.24, 2.45) is 0 Å². The smallest absolute Gasteiger partial charge is 0.215 e. The van der Waals surface area contributed by atoms with Crippen LogP contribution in [0.3, 0.4) is 0 Å². The molecule has 0 aliphatic heterocycles. The molecule has 17 heavy (non-hydrogen) atoms. The van der Waals surface area contributed by atoms with Crippen molar-refractivity contribution in [2.75, 3.05) is 12.4 Å². The predicted molar refractivity (Wildman–Crippen MR) is 66.5 cm³/mol. The maximum Gasteiger partial charge on any atom is 0.215 e. The summed E-state index contributed by atoms with van der Waals surface area (Å²) in [7, 11) is 1.75. The van der Waals surface area contributed by atoms with Crippen LogP contribution in [0.1, 0.15) is 16.1 Å². The molecule has 86 valence electrons. The molecule has 0 aliphatic rings. The number of hydrogen-bond acceptors (Lipinski definition) is 4. The molecule has 0 radical (unpaired) electrons. The SMILES string of the molecule is CNc1ccc(Cl)cc1C(=O)c1cccnn1. The zero-order chi connectivity index (χ0) is 12.3. The van der Waals surface area contributed by atoms with Crippen LogP contribution in [0.4, 0.5) is 5.69 Å². The van der Waals surface area contributed by atoms with Gasteiger partial charge in [-0.25, -0.2) is 0 Å². The fraction of sp³-hybridized carbons (Fsp3) is 0.0833. The van der Waals surface area contributed by atoms with Crippen LogP contribution in [0.5, 0.6) is 0 Å². The normalized spacial score (nSPS) is 10.0. The van der Waals surface area contributed by atoms with Crippen LogP contribution in [0, 0.1) is 0 Å². The van der Waals surface area contributed by atoms with Crippen molar-refractivity contribution in [2.45, 2.75) is 0 Å². The fourth-order valence-electron chi connectivity index (χ4n) is 1.48. The Morgan fingerprint density at radius 3 is 2.82 bits per heavy atom. The van der Waals surface area contributed by atoms with Crippen molar-refractivity contribution in [3.05, 3.63) is 52.8 Å². The molecule has 0 spiro atoms. The van der Waals surface area contributed by atoms with E-state index in [0.29, 0.717) is 22.0 Å². The molecule has 1 heterocycles. The number of carbonyl (C=O) groups is 1. The first-order valence-corrected chi connectivity index (χ1v) is 5.40. The lowest BCUT2D eigenvalue weighted by atomic mass is 10.1. The molecule has 4 nitrogen and oxygen atoms in total. The third-order valence-electron chi connectivity index (χ3n) is 2.30. The molecule has 0 saturated carbocycles. The van der Waals surface area contributed by atoms with Crippen LogP contribution in [0.2, 0.25) is 5.02 Å². The van der Waals surface area contributed by atoms with Gasteiger partial charge in [0, 0.05) is 29.5 Å². The molecule has 1 aromatic carbocycles. The minimum absolute atomic E-state index is 0.204. The molecule has 1 aromatic heterocycles. The predicted octanol–water partition coefficient (Wildman–Crippen LogP) is 2.40. The molecule has 0 unspecified atom stereocenters. The topological polar surface area (TPSA) is 54.9 Å². The number of carbonyl (C=O) groups excluding carboxylic acids is 1. The zero-order valence-electron chi connectivity index (χ0n) is 9.14. The lowest BCUT2D eigenvalue weighted by Crippen LogP contribution is -2.08. The second kappa shape index (κ2) is 4.93. The van der Waals surface area contributed by atoms with Crippen molar-refractivity contribution in [3.63, 3.8) is 0 Å². The van der Waals surface area contributed by atoms with E-state index < -0.39 is 0 Å². The summed E-state index contributed by atoms with van der Waals surface area (Å²) in [5.74, 6) is -0.204. The van der Waals surface area contributed by atoms with Gasteiger partial charge in [-0.2, -0.15) is 5.10 Å². The van der Waals surface area contributed by atoms with E-state index in [-0.39, 0.29) is 5.78 Å². The minimum atomic E-state index is -0.204. The van der Waals surface area contributed by atoms with Crippen LogP contribution in [-0.4, -0.2) is 23.0 Å². The zero-order valence-corrected chi connectivity index (χ0v) is 9.90. The molecule has 0 fully saturated rings. The van der Waals surface area contributed by atoms with E-state index in [9.17, 15) is 4.79 Å². The van der Waals surface area contributed by atoms with Crippen molar-refractivity contribution in [1.82, 2.24) is 10.2 Å². The van der Waals surface area contributed by atoms with Gasteiger partial charge in [0.25, 0.3) is 0 Å². The fourth-order valence-corrected chi connectivity index (χ4v) is 1.66. The summed E-state index contributed by atoms with van der Waals surface area (Å²) in [6, 6.07) is 8.39. The number of nitrogens with zero attached hydrogens (tertiary/aromatic N) is 2. The average Bonchev–Trinajstić information content (AvgIpc) is 2.39. The summed E-state index contributed by atoms with van der Waals surface area (Å²) in [6.07, 6.45) is 1.52. The Hall–Kier alpha value is -1.94. The highest BCUT2D eigenvalue weighted by molar-refractivity contribution is 6.31. The minimum Gasteiger partial charge on any atom is -0.388 e. The van der Waals surface area contributed by atoms with Crippen LogP contribution in [0.15, 0.2) is 36.5 Å². The second-order valence-electron chi connectivity index (χ2n) is 3.38.